The Bertz CT molecular complexity index is 518. The van der Waals surface area contributed by atoms with Crippen molar-refractivity contribution in [1.29, 1.82) is 0 Å². The standard InChI is InChI=1S/C14H13BF2O/c1-9-6-10(2-5-13(9)16)8-18-11-3-4-12(15)14(17)7-11/h2-7H,8,15H2,1H3. The maximum atomic E-state index is 13.3. The normalized spacial score (nSPS) is 10.4. The Morgan fingerprint density at radius 3 is 2.50 bits per heavy atom. The van der Waals surface area contributed by atoms with E-state index in [1.807, 2.05) is 0 Å². The fourth-order valence-corrected chi connectivity index (χ4v) is 1.63. The monoisotopic (exact) mass is 246 g/mol. The minimum Gasteiger partial charge on any atom is -0.489 e. The van der Waals surface area contributed by atoms with Crippen LogP contribution in [0.15, 0.2) is 36.4 Å². The van der Waals surface area contributed by atoms with Crippen LogP contribution in [0.25, 0.3) is 0 Å². The highest BCUT2D eigenvalue weighted by Gasteiger charge is 2.02. The summed E-state index contributed by atoms with van der Waals surface area (Å²) >= 11 is 0. The molecule has 92 valence electrons. The Kier molecular flexibility index (Phi) is 3.65. The third-order valence-electron chi connectivity index (χ3n) is 2.77. The van der Waals surface area contributed by atoms with E-state index in [1.165, 1.54) is 12.1 Å². The smallest absolute Gasteiger partial charge is 0.143 e. The molecule has 0 aliphatic carbocycles. The van der Waals surface area contributed by atoms with E-state index in [0.29, 0.717) is 23.4 Å². The zero-order chi connectivity index (χ0) is 13.1. The molecule has 2 aromatic rings. The average molecular weight is 246 g/mol. The van der Waals surface area contributed by atoms with E-state index in [0.717, 1.165) is 5.56 Å². The Morgan fingerprint density at radius 2 is 1.83 bits per heavy atom. The minimum atomic E-state index is -0.289. The summed E-state index contributed by atoms with van der Waals surface area (Å²) in [5, 5.41) is 0. The largest absolute Gasteiger partial charge is 0.489 e. The van der Waals surface area contributed by atoms with Crippen LogP contribution < -0.4 is 10.2 Å². The van der Waals surface area contributed by atoms with Gasteiger partial charge in [0.1, 0.15) is 31.8 Å². The second-order valence-corrected chi connectivity index (χ2v) is 4.28. The van der Waals surface area contributed by atoms with Gasteiger partial charge in [-0.25, -0.2) is 8.78 Å². The van der Waals surface area contributed by atoms with Crippen LogP contribution >= 0.6 is 0 Å². The summed E-state index contributed by atoms with van der Waals surface area (Å²) in [6.07, 6.45) is 0. The van der Waals surface area contributed by atoms with Gasteiger partial charge in [-0.2, -0.15) is 0 Å². The highest BCUT2D eigenvalue weighted by Crippen LogP contribution is 2.14. The first-order valence-electron chi connectivity index (χ1n) is 5.70. The third-order valence-corrected chi connectivity index (χ3v) is 2.77. The summed E-state index contributed by atoms with van der Waals surface area (Å²) in [6.45, 7) is 1.99. The van der Waals surface area contributed by atoms with Gasteiger partial charge in [-0.3, -0.25) is 0 Å². The molecule has 0 fully saturated rings. The van der Waals surface area contributed by atoms with E-state index in [4.69, 9.17) is 4.74 Å². The van der Waals surface area contributed by atoms with Crippen molar-refractivity contribution < 1.29 is 13.5 Å². The zero-order valence-corrected chi connectivity index (χ0v) is 10.3. The molecule has 0 saturated carbocycles. The molecule has 0 radical (unpaired) electrons. The van der Waals surface area contributed by atoms with E-state index >= 15 is 0 Å². The lowest BCUT2D eigenvalue weighted by atomic mass is 9.96. The lowest BCUT2D eigenvalue weighted by Crippen LogP contribution is -2.08. The van der Waals surface area contributed by atoms with Crippen LogP contribution in [0.3, 0.4) is 0 Å². The van der Waals surface area contributed by atoms with Crippen molar-refractivity contribution in [3.05, 3.63) is 59.2 Å². The number of ether oxygens (including phenoxy) is 1. The van der Waals surface area contributed by atoms with Crippen molar-refractivity contribution in [2.45, 2.75) is 13.5 Å². The van der Waals surface area contributed by atoms with Crippen LogP contribution in [-0.4, -0.2) is 7.85 Å². The molecule has 0 saturated heterocycles. The van der Waals surface area contributed by atoms with Crippen LogP contribution in [-0.2, 0) is 6.61 Å². The van der Waals surface area contributed by atoms with Gasteiger partial charge >= 0.3 is 0 Å². The van der Waals surface area contributed by atoms with Crippen molar-refractivity contribution >= 4 is 13.3 Å². The second-order valence-electron chi connectivity index (χ2n) is 4.28. The molecule has 18 heavy (non-hydrogen) atoms. The number of hydrogen-bond donors (Lipinski definition) is 0. The molecule has 0 heterocycles. The highest BCUT2D eigenvalue weighted by molar-refractivity contribution is 6.32. The first-order valence-corrected chi connectivity index (χ1v) is 5.70. The third kappa shape index (κ3) is 2.89. The second kappa shape index (κ2) is 5.21. The van der Waals surface area contributed by atoms with Crippen LogP contribution in [0.2, 0.25) is 0 Å². The Morgan fingerprint density at radius 1 is 1.06 bits per heavy atom. The summed E-state index contributed by atoms with van der Waals surface area (Å²) in [5.41, 5.74) is 2.01. The van der Waals surface area contributed by atoms with E-state index in [9.17, 15) is 8.78 Å². The fraction of sp³-hybridized carbons (Fsp3) is 0.143. The molecule has 1 nitrogen and oxygen atoms in total. The molecule has 2 rings (SSSR count). The van der Waals surface area contributed by atoms with Crippen LogP contribution in [0, 0.1) is 18.6 Å². The first kappa shape index (κ1) is 12.6. The molecule has 0 spiro atoms. The number of hydrogen-bond acceptors (Lipinski definition) is 1. The molecule has 2 aromatic carbocycles. The molecule has 0 aliphatic rings. The number of rotatable bonds is 3. The van der Waals surface area contributed by atoms with Gasteiger partial charge in [0.05, 0.1) is 0 Å². The molecule has 0 aliphatic heterocycles. The van der Waals surface area contributed by atoms with E-state index in [1.54, 1.807) is 39.0 Å². The number of aryl methyl sites for hydroxylation is 1. The van der Waals surface area contributed by atoms with Crippen molar-refractivity contribution in [3.8, 4) is 5.75 Å². The van der Waals surface area contributed by atoms with Gasteiger partial charge in [-0.05, 0) is 36.2 Å². The van der Waals surface area contributed by atoms with Gasteiger partial charge in [0.25, 0.3) is 0 Å². The van der Waals surface area contributed by atoms with Crippen molar-refractivity contribution in [2.75, 3.05) is 0 Å². The van der Waals surface area contributed by atoms with Gasteiger partial charge in [0, 0.05) is 6.07 Å². The van der Waals surface area contributed by atoms with E-state index < -0.39 is 0 Å². The topological polar surface area (TPSA) is 9.23 Å². The lowest BCUT2D eigenvalue weighted by Gasteiger charge is -2.08. The van der Waals surface area contributed by atoms with Gasteiger partial charge in [-0.15, -0.1) is 0 Å². The van der Waals surface area contributed by atoms with Crippen molar-refractivity contribution in [2.24, 2.45) is 0 Å². The summed E-state index contributed by atoms with van der Waals surface area (Å²) < 4.78 is 31.8. The van der Waals surface area contributed by atoms with Crippen LogP contribution in [0.1, 0.15) is 11.1 Å². The van der Waals surface area contributed by atoms with Gasteiger partial charge < -0.3 is 4.74 Å². The SMILES string of the molecule is Bc1ccc(OCc2ccc(F)c(C)c2)cc1F. The molecule has 0 atom stereocenters. The minimum absolute atomic E-state index is 0.236. The maximum Gasteiger partial charge on any atom is 0.143 e. The predicted molar refractivity (Wildman–Crippen MR) is 70.0 cm³/mol. The quantitative estimate of drug-likeness (QED) is 0.753. The van der Waals surface area contributed by atoms with E-state index in [-0.39, 0.29) is 11.6 Å². The highest BCUT2D eigenvalue weighted by atomic mass is 19.1. The maximum absolute atomic E-state index is 13.3. The molecule has 0 aromatic heterocycles. The summed E-state index contributed by atoms with van der Waals surface area (Å²) in [6, 6.07) is 9.53. The zero-order valence-electron chi connectivity index (χ0n) is 10.3. The predicted octanol–water partition coefficient (Wildman–Crippen LogP) is 2.11. The molecular formula is C14H13BF2O. The Balaban J connectivity index is 2.06. The fourth-order valence-electron chi connectivity index (χ4n) is 1.63. The lowest BCUT2D eigenvalue weighted by molar-refractivity contribution is 0.304. The number of benzene rings is 2. The summed E-state index contributed by atoms with van der Waals surface area (Å²) in [7, 11) is 1.70. The first-order chi connectivity index (χ1) is 8.56. The molecular weight excluding hydrogens is 233 g/mol. The van der Waals surface area contributed by atoms with Gasteiger partial charge in [0.15, 0.2) is 0 Å². The number of halogens is 2. The average Bonchev–Trinajstić information content (AvgIpc) is 2.35. The van der Waals surface area contributed by atoms with Crippen LogP contribution in [0.5, 0.6) is 5.75 Å². The van der Waals surface area contributed by atoms with Crippen molar-refractivity contribution in [3.63, 3.8) is 0 Å². The molecule has 4 heteroatoms. The van der Waals surface area contributed by atoms with Gasteiger partial charge in [-0.1, -0.05) is 17.6 Å². The van der Waals surface area contributed by atoms with Crippen molar-refractivity contribution in [1.82, 2.24) is 0 Å². The van der Waals surface area contributed by atoms with E-state index in [2.05, 4.69) is 0 Å². The molecule has 0 unspecified atom stereocenters. The van der Waals surface area contributed by atoms with Crippen LogP contribution in [0.4, 0.5) is 8.78 Å². The summed E-state index contributed by atoms with van der Waals surface area (Å²) in [4.78, 5) is 0. The summed E-state index contributed by atoms with van der Waals surface area (Å²) in [5.74, 6) is -0.0528. The molecule has 0 bridgehead atoms. The molecule has 0 N–H and O–H groups in total. The molecule has 0 amide bonds. The Labute approximate surface area is 106 Å². The van der Waals surface area contributed by atoms with Gasteiger partial charge in [0.2, 0.25) is 0 Å². The Hall–Kier alpha value is -1.84.